The van der Waals surface area contributed by atoms with Crippen molar-refractivity contribution in [2.45, 2.75) is 52.3 Å². The van der Waals surface area contributed by atoms with Crippen LogP contribution in [0.4, 0.5) is 0 Å². The number of fused-ring (bicyclic) bond motifs is 2. The van der Waals surface area contributed by atoms with Gasteiger partial charge in [0.1, 0.15) is 11.3 Å². The van der Waals surface area contributed by atoms with E-state index in [1.54, 1.807) is 19.2 Å². The van der Waals surface area contributed by atoms with Gasteiger partial charge in [0.05, 0.1) is 30.0 Å². The van der Waals surface area contributed by atoms with E-state index in [9.17, 15) is 4.79 Å². The Morgan fingerprint density at radius 1 is 1.20 bits per heavy atom. The molecule has 0 saturated carbocycles. The summed E-state index contributed by atoms with van der Waals surface area (Å²) >= 11 is 0. The van der Waals surface area contributed by atoms with E-state index in [2.05, 4.69) is 35.4 Å². The highest BCUT2D eigenvalue weighted by atomic mass is 16.5. The van der Waals surface area contributed by atoms with Crippen LogP contribution in [0.5, 0.6) is 5.75 Å². The highest BCUT2D eigenvalue weighted by Gasteiger charge is 2.22. The van der Waals surface area contributed by atoms with Gasteiger partial charge in [-0.05, 0) is 63.4 Å². The average Bonchev–Trinajstić information content (AvgIpc) is 3.35. The minimum Gasteiger partial charge on any atom is -0.494 e. The summed E-state index contributed by atoms with van der Waals surface area (Å²) < 4.78 is 15.4. The molecule has 0 aliphatic heterocycles. The first kappa shape index (κ1) is 24.5. The van der Waals surface area contributed by atoms with Gasteiger partial charge in [-0.2, -0.15) is 0 Å². The molecule has 7 nitrogen and oxygen atoms in total. The number of unbranched alkanes of at least 4 members (excludes halogenated alkanes) is 1. The van der Waals surface area contributed by atoms with Crippen LogP contribution in [-0.2, 0) is 18.3 Å². The van der Waals surface area contributed by atoms with Crippen LogP contribution in [0, 0.1) is 0 Å². The zero-order chi connectivity index (χ0) is 25.3. The van der Waals surface area contributed by atoms with E-state index in [4.69, 9.17) is 20.2 Å². The van der Waals surface area contributed by atoms with Gasteiger partial charge in [0.25, 0.3) is 0 Å². The quantitative estimate of drug-likeness (QED) is 0.190. The molecule has 0 unspecified atom stereocenters. The molecule has 0 aliphatic rings. The number of hydrogen-bond acceptors (Lipinski definition) is 5. The number of esters is 1. The van der Waals surface area contributed by atoms with Gasteiger partial charge in [0.2, 0.25) is 0 Å². The van der Waals surface area contributed by atoms with Crippen molar-refractivity contribution in [1.29, 1.82) is 0 Å². The fourth-order valence-electron chi connectivity index (χ4n) is 4.47. The number of rotatable bonds is 9. The second-order valence-corrected chi connectivity index (χ2v) is 9.21. The van der Waals surface area contributed by atoms with E-state index >= 15 is 0 Å². The number of carbonyl (C=O) groups excluding carboxylic acids is 1. The number of benzene rings is 2. The molecule has 2 aromatic carbocycles. The van der Waals surface area contributed by atoms with E-state index in [-0.39, 0.29) is 12.1 Å². The van der Waals surface area contributed by atoms with Crippen LogP contribution in [0.1, 0.15) is 55.6 Å². The molecular weight excluding hydrogens is 440 g/mol. The molecule has 1 atom stereocenters. The van der Waals surface area contributed by atoms with Crippen LogP contribution in [-0.4, -0.2) is 33.3 Å². The Morgan fingerprint density at radius 2 is 1.97 bits per heavy atom. The molecule has 0 spiro atoms. The zero-order valence-electron chi connectivity index (χ0n) is 21.2. The first-order valence-corrected chi connectivity index (χ1v) is 12.0. The van der Waals surface area contributed by atoms with Crippen LogP contribution < -0.4 is 10.5 Å². The van der Waals surface area contributed by atoms with Gasteiger partial charge in [-0.1, -0.05) is 18.2 Å². The van der Waals surface area contributed by atoms with Gasteiger partial charge < -0.3 is 24.3 Å². The van der Waals surface area contributed by atoms with Crippen molar-refractivity contribution >= 4 is 27.9 Å². The van der Waals surface area contributed by atoms with Crippen LogP contribution in [0.15, 0.2) is 49.1 Å². The third kappa shape index (κ3) is 4.68. The molecule has 0 radical (unpaired) electrons. The Balaban J connectivity index is 1.91. The lowest BCUT2D eigenvalue weighted by atomic mass is 10.1. The Bertz CT molecular complexity index is 1390. The van der Waals surface area contributed by atoms with Crippen molar-refractivity contribution in [3.05, 3.63) is 60.2 Å². The predicted molar refractivity (Wildman–Crippen MR) is 141 cm³/mol. The monoisotopic (exact) mass is 474 g/mol. The topological polar surface area (TPSA) is 84.3 Å². The van der Waals surface area contributed by atoms with Gasteiger partial charge in [0.15, 0.2) is 5.82 Å². The van der Waals surface area contributed by atoms with Crippen LogP contribution in [0.25, 0.3) is 33.5 Å². The molecule has 0 saturated heterocycles. The number of carbonyl (C=O) groups is 1. The fourth-order valence-corrected chi connectivity index (χ4v) is 4.47. The van der Waals surface area contributed by atoms with Gasteiger partial charge >= 0.3 is 5.97 Å². The lowest BCUT2D eigenvalue weighted by Crippen LogP contribution is -2.11. The lowest BCUT2D eigenvalue weighted by Gasteiger charge is -2.12. The maximum absolute atomic E-state index is 12.6. The van der Waals surface area contributed by atoms with Gasteiger partial charge in [-0.3, -0.25) is 0 Å². The van der Waals surface area contributed by atoms with Crippen molar-refractivity contribution in [3.8, 4) is 17.3 Å². The number of allylic oxidation sites excluding steroid dienone is 1. The van der Waals surface area contributed by atoms with Crippen molar-refractivity contribution in [2.75, 3.05) is 7.11 Å². The summed E-state index contributed by atoms with van der Waals surface area (Å²) in [7, 11) is 3.57. The smallest absolute Gasteiger partial charge is 0.338 e. The van der Waals surface area contributed by atoms with Crippen LogP contribution >= 0.6 is 0 Å². The van der Waals surface area contributed by atoms with Gasteiger partial charge in [-0.25, -0.2) is 9.78 Å². The van der Waals surface area contributed by atoms with E-state index in [1.165, 1.54) is 0 Å². The molecule has 0 amide bonds. The first-order chi connectivity index (χ1) is 16.7. The summed E-state index contributed by atoms with van der Waals surface area (Å²) in [4.78, 5) is 17.6. The van der Waals surface area contributed by atoms with Crippen molar-refractivity contribution in [2.24, 2.45) is 12.8 Å². The summed E-state index contributed by atoms with van der Waals surface area (Å²) in [5, 5.41) is 1.13. The average molecular weight is 475 g/mol. The molecule has 2 aromatic heterocycles. The maximum Gasteiger partial charge on any atom is 0.338 e. The van der Waals surface area contributed by atoms with Crippen LogP contribution in [0.3, 0.4) is 0 Å². The van der Waals surface area contributed by atoms with E-state index < -0.39 is 5.97 Å². The lowest BCUT2D eigenvalue weighted by molar-refractivity contribution is 0.0377. The fraction of sp³-hybridized carbons (Fsp3) is 0.357. The number of ether oxygens (including phenoxy) is 2. The van der Waals surface area contributed by atoms with E-state index in [1.807, 2.05) is 38.5 Å². The highest BCUT2D eigenvalue weighted by Crippen LogP contribution is 2.35. The maximum atomic E-state index is 12.6. The van der Waals surface area contributed by atoms with E-state index in [0.29, 0.717) is 16.8 Å². The molecule has 0 aliphatic carbocycles. The Labute approximate surface area is 206 Å². The van der Waals surface area contributed by atoms with E-state index in [0.717, 1.165) is 52.9 Å². The molecule has 2 heterocycles. The summed E-state index contributed by atoms with van der Waals surface area (Å²) in [5.74, 6) is 0.979. The number of hydrogen-bond donors (Lipinski definition) is 1. The van der Waals surface area contributed by atoms with Crippen LogP contribution in [0.2, 0.25) is 0 Å². The summed E-state index contributed by atoms with van der Waals surface area (Å²) in [6, 6.07) is 12.0. The Morgan fingerprint density at radius 3 is 2.63 bits per heavy atom. The van der Waals surface area contributed by atoms with Gasteiger partial charge in [0, 0.05) is 30.5 Å². The molecule has 35 heavy (non-hydrogen) atoms. The standard InChI is InChI=1S/C28H34N4O3/c1-7-8-9-12-32-23-14-19(18(4)29)10-11-20(23)15-24(32)27-30-22-13-21(28(33)35-17(2)3)16-25(34-6)26(22)31(27)5/h7,10-11,13-18H,1,8-9,12,29H2,2-6H3/t18-/m1/s1. The molecule has 2 N–H and O–H groups in total. The van der Waals surface area contributed by atoms with Crippen molar-refractivity contribution < 1.29 is 14.3 Å². The SMILES string of the molecule is C=CCCCn1c(-c2nc3cc(C(=O)OC(C)C)cc(OC)c3n2C)cc2ccc([C@@H](C)N)cc21. The Kier molecular flexibility index (Phi) is 6.98. The molecule has 7 heteroatoms. The summed E-state index contributed by atoms with van der Waals surface area (Å²) in [6.07, 6.45) is 3.61. The second-order valence-electron chi connectivity index (χ2n) is 9.21. The number of nitrogens with zero attached hydrogens (tertiary/aromatic N) is 3. The first-order valence-electron chi connectivity index (χ1n) is 12.0. The largest absolute Gasteiger partial charge is 0.494 e. The summed E-state index contributed by atoms with van der Waals surface area (Å²) in [5.41, 5.74) is 11.3. The highest BCUT2D eigenvalue weighted by molar-refractivity contribution is 5.97. The summed E-state index contributed by atoms with van der Waals surface area (Å²) in [6.45, 7) is 10.3. The number of aromatic nitrogens is 3. The Hall–Kier alpha value is -3.58. The molecule has 0 fully saturated rings. The molecule has 0 bridgehead atoms. The minimum atomic E-state index is -0.394. The molecule has 4 aromatic rings. The third-order valence-corrected chi connectivity index (χ3v) is 6.21. The minimum absolute atomic E-state index is 0.0524. The third-order valence-electron chi connectivity index (χ3n) is 6.21. The predicted octanol–water partition coefficient (Wildman–Crippen LogP) is 5.75. The van der Waals surface area contributed by atoms with Gasteiger partial charge in [-0.15, -0.1) is 6.58 Å². The number of aryl methyl sites for hydroxylation is 2. The molecular formula is C28H34N4O3. The number of imidazole rings is 1. The zero-order valence-corrected chi connectivity index (χ0v) is 21.2. The number of nitrogens with two attached hydrogens (primary N) is 1. The molecule has 4 rings (SSSR count). The normalized spacial score (nSPS) is 12.4. The molecule has 184 valence electrons. The van der Waals surface area contributed by atoms with Crippen molar-refractivity contribution in [1.82, 2.24) is 14.1 Å². The second kappa shape index (κ2) is 9.96. The number of methoxy groups -OCH3 is 1. The van der Waals surface area contributed by atoms with Crippen molar-refractivity contribution in [3.63, 3.8) is 0 Å².